The maximum Gasteiger partial charge on any atom is 0.348 e. The van der Waals surface area contributed by atoms with Crippen molar-refractivity contribution >= 4 is 27.3 Å². The van der Waals surface area contributed by atoms with Gasteiger partial charge in [0.25, 0.3) is 10.0 Å². The van der Waals surface area contributed by atoms with Gasteiger partial charge in [-0.1, -0.05) is 30.3 Å². The Morgan fingerprint density at radius 2 is 1.88 bits per heavy atom. The van der Waals surface area contributed by atoms with E-state index in [1.165, 1.54) is 24.6 Å². The molecule has 0 fully saturated rings. The van der Waals surface area contributed by atoms with E-state index in [0.717, 1.165) is 16.9 Å². The van der Waals surface area contributed by atoms with E-state index < -0.39 is 16.0 Å². The Labute approximate surface area is 157 Å². The first-order valence-electron chi connectivity index (χ1n) is 7.94. The third-order valence-corrected chi connectivity index (χ3v) is 7.21. The molecule has 0 radical (unpaired) electrons. The van der Waals surface area contributed by atoms with Gasteiger partial charge in [0, 0.05) is 25.7 Å². The first-order valence-corrected chi connectivity index (χ1v) is 10.2. The Morgan fingerprint density at radius 3 is 2.46 bits per heavy atom. The van der Waals surface area contributed by atoms with Crippen LogP contribution in [0.1, 0.15) is 15.2 Å². The highest BCUT2D eigenvalue weighted by molar-refractivity contribution is 7.91. The van der Waals surface area contributed by atoms with Crippen LogP contribution in [0.25, 0.3) is 0 Å². The minimum atomic E-state index is -3.86. The molecule has 0 saturated carbocycles. The van der Waals surface area contributed by atoms with Crippen LogP contribution in [0.5, 0.6) is 5.75 Å². The molecule has 1 aromatic carbocycles. The van der Waals surface area contributed by atoms with Crippen LogP contribution < -0.4 is 10.5 Å². The largest absolute Gasteiger partial charge is 0.494 e. The first-order chi connectivity index (χ1) is 12.4. The van der Waals surface area contributed by atoms with E-state index in [1.807, 2.05) is 30.3 Å². The maximum atomic E-state index is 13.1. The minimum Gasteiger partial charge on any atom is -0.494 e. The van der Waals surface area contributed by atoms with Gasteiger partial charge in [-0.05, 0) is 12.0 Å². The van der Waals surface area contributed by atoms with Crippen molar-refractivity contribution < 1.29 is 22.7 Å². The van der Waals surface area contributed by atoms with Crippen molar-refractivity contribution in [1.29, 1.82) is 0 Å². The molecule has 0 spiro atoms. The summed E-state index contributed by atoms with van der Waals surface area (Å²) >= 11 is 0.830. The lowest BCUT2D eigenvalue weighted by molar-refractivity contribution is 0.0606. The van der Waals surface area contributed by atoms with Crippen molar-refractivity contribution in [2.45, 2.75) is 10.6 Å². The fraction of sp³-hybridized carbons (Fsp3) is 0.353. The predicted molar refractivity (Wildman–Crippen MR) is 100 cm³/mol. The number of hydrogen-bond acceptors (Lipinski definition) is 7. The van der Waals surface area contributed by atoms with Crippen LogP contribution in [0.3, 0.4) is 0 Å². The van der Waals surface area contributed by atoms with E-state index in [0.29, 0.717) is 6.42 Å². The molecule has 2 rings (SSSR count). The van der Waals surface area contributed by atoms with Gasteiger partial charge in [0.05, 0.1) is 14.2 Å². The number of rotatable bonds is 9. The second kappa shape index (κ2) is 9.13. The molecule has 0 aliphatic carbocycles. The van der Waals surface area contributed by atoms with Gasteiger partial charge >= 0.3 is 5.97 Å². The molecule has 0 aliphatic heterocycles. The highest BCUT2D eigenvalue weighted by atomic mass is 32.2. The predicted octanol–water partition coefficient (Wildman–Crippen LogP) is 1.74. The highest BCUT2D eigenvalue weighted by Crippen LogP contribution is 2.35. The summed E-state index contributed by atoms with van der Waals surface area (Å²) in [7, 11) is -1.26. The summed E-state index contributed by atoms with van der Waals surface area (Å²) in [5.41, 5.74) is 6.64. The van der Waals surface area contributed by atoms with Gasteiger partial charge in [-0.15, -0.1) is 11.3 Å². The molecule has 1 heterocycles. The molecule has 0 saturated heterocycles. The molecule has 2 aromatic rings. The highest BCUT2D eigenvalue weighted by Gasteiger charge is 2.31. The Bertz CT molecular complexity index is 834. The minimum absolute atomic E-state index is 0.0260. The average molecular weight is 399 g/mol. The van der Waals surface area contributed by atoms with Crippen molar-refractivity contribution in [3.05, 3.63) is 46.8 Å². The van der Waals surface area contributed by atoms with E-state index in [-0.39, 0.29) is 34.5 Å². The number of esters is 1. The number of hydrogen-bond donors (Lipinski definition) is 1. The number of benzene rings is 1. The fourth-order valence-electron chi connectivity index (χ4n) is 2.39. The molecule has 142 valence electrons. The zero-order valence-electron chi connectivity index (χ0n) is 14.7. The molecule has 26 heavy (non-hydrogen) atoms. The second-order valence-electron chi connectivity index (χ2n) is 5.39. The molecule has 7 nitrogen and oxygen atoms in total. The molecule has 1 aromatic heterocycles. The smallest absolute Gasteiger partial charge is 0.348 e. The Kier molecular flexibility index (Phi) is 7.15. The topological polar surface area (TPSA) is 98.9 Å². The Hall–Kier alpha value is -1.94. The summed E-state index contributed by atoms with van der Waals surface area (Å²) in [6.45, 7) is 0.632. The van der Waals surface area contributed by atoms with Crippen LogP contribution in [-0.4, -0.2) is 52.5 Å². The van der Waals surface area contributed by atoms with E-state index >= 15 is 0 Å². The van der Waals surface area contributed by atoms with Gasteiger partial charge in [0.2, 0.25) is 0 Å². The monoisotopic (exact) mass is 398 g/mol. The molecule has 0 aliphatic rings. The van der Waals surface area contributed by atoms with Crippen LogP contribution in [0, 0.1) is 0 Å². The van der Waals surface area contributed by atoms with Gasteiger partial charge in [0.1, 0.15) is 4.88 Å². The van der Waals surface area contributed by atoms with Gasteiger partial charge < -0.3 is 15.2 Å². The van der Waals surface area contributed by atoms with E-state index in [9.17, 15) is 13.2 Å². The number of carbonyl (C=O) groups is 1. The van der Waals surface area contributed by atoms with Gasteiger partial charge in [-0.3, -0.25) is 0 Å². The van der Waals surface area contributed by atoms with Crippen molar-refractivity contribution in [3.63, 3.8) is 0 Å². The Balaban J connectivity index is 2.31. The molecule has 0 amide bonds. The van der Waals surface area contributed by atoms with Gasteiger partial charge in [0.15, 0.2) is 9.96 Å². The molecule has 2 N–H and O–H groups in total. The lowest BCUT2D eigenvalue weighted by Gasteiger charge is -2.21. The number of sulfonamides is 1. The van der Waals surface area contributed by atoms with Crippen molar-refractivity contribution in [2.75, 3.05) is 33.9 Å². The quantitative estimate of drug-likeness (QED) is 0.646. The molecule has 0 atom stereocenters. The zero-order valence-corrected chi connectivity index (χ0v) is 16.3. The molecule has 0 unspecified atom stereocenters. The normalized spacial score (nSPS) is 11.5. The number of thiophene rings is 1. The molecular formula is C17H22N2O5S2. The second-order valence-corrected chi connectivity index (χ2v) is 8.57. The number of carbonyl (C=O) groups excluding carboxylic acids is 1. The third kappa shape index (κ3) is 4.61. The summed E-state index contributed by atoms with van der Waals surface area (Å²) in [5, 5.41) is 0. The van der Waals surface area contributed by atoms with Crippen LogP contribution in [-0.2, 0) is 21.2 Å². The SMILES string of the molecule is COC(=O)c1cc(OC)c(S(=O)(=O)N(CCN)CCc2ccccc2)s1. The number of methoxy groups -OCH3 is 2. The van der Waals surface area contributed by atoms with Gasteiger partial charge in [-0.25, -0.2) is 13.2 Å². The number of nitrogens with two attached hydrogens (primary N) is 1. The Morgan fingerprint density at radius 1 is 1.19 bits per heavy atom. The van der Waals surface area contributed by atoms with Gasteiger partial charge in [-0.2, -0.15) is 4.31 Å². The van der Waals surface area contributed by atoms with Crippen LogP contribution in [0.4, 0.5) is 0 Å². The average Bonchev–Trinajstić information content (AvgIpc) is 3.10. The first kappa shape index (κ1) is 20.4. The van der Waals surface area contributed by atoms with Crippen LogP contribution >= 0.6 is 11.3 Å². The molecule has 9 heteroatoms. The van der Waals surface area contributed by atoms with Crippen LogP contribution in [0.2, 0.25) is 0 Å². The van der Waals surface area contributed by atoms with Crippen LogP contribution in [0.15, 0.2) is 40.6 Å². The van der Waals surface area contributed by atoms with E-state index in [4.69, 9.17) is 10.5 Å². The van der Waals surface area contributed by atoms with Crippen molar-refractivity contribution in [2.24, 2.45) is 5.73 Å². The lowest BCUT2D eigenvalue weighted by atomic mass is 10.1. The van der Waals surface area contributed by atoms with E-state index in [1.54, 1.807) is 0 Å². The maximum absolute atomic E-state index is 13.1. The standard InChI is InChI=1S/C17H22N2O5S2/c1-23-14-12-15(16(20)24-2)25-17(14)26(21,22)19(11-9-18)10-8-13-6-4-3-5-7-13/h3-7,12H,8-11,18H2,1-2H3. The molecular weight excluding hydrogens is 376 g/mol. The third-order valence-electron chi connectivity index (χ3n) is 3.72. The molecule has 0 bridgehead atoms. The van der Waals surface area contributed by atoms with Crippen molar-refractivity contribution in [3.8, 4) is 5.75 Å². The number of nitrogens with zero attached hydrogens (tertiary/aromatic N) is 1. The zero-order chi connectivity index (χ0) is 19.2. The summed E-state index contributed by atoms with van der Waals surface area (Å²) in [6.07, 6.45) is 0.553. The lowest BCUT2D eigenvalue weighted by Crippen LogP contribution is -2.36. The summed E-state index contributed by atoms with van der Waals surface area (Å²) in [4.78, 5) is 11.9. The number of ether oxygens (including phenoxy) is 2. The van der Waals surface area contributed by atoms with Crippen molar-refractivity contribution in [1.82, 2.24) is 4.31 Å². The summed E-state index contributed by atoms with van der Waals surface area (Å²) in [5.74, 6) is -0.485. The fourth-order valence-corrected chi connectivity index (χ4v) is 5.48. The van der Waals surface area contributed by atoms with E-state index in [2.05, 4.69) is 4.74 Å². The summed E-state index contributed by atoms with van der Waals surface area (Å²) < 4.78 is 37.3. The summed E-state index contributed by atoms with van der Waals surface area (Å²) in [6, 6.07) is 11.0.